The average molecular weight is 213 g/mol. The van der Waals surface area contributed by atoms with Crippen LogP contribution < -0.4 is 4.57 Å². The first-order valence-corrected chi connectivity index (χ1v) is 5.60. The van der Waals surface area contributed by atoms with E-state index in [2.05, 4.69) is 59.3 Å². The molecule has 0 aliphatic heterocycles. The quantitative estimate of drug-likeness (QED) is 0.690. The molecule has 0 radical (unpaired) electrons. The van der Waals surface area contributed by atoms with Crippen molar-refractivity contribution < 1.29 is 4.57 Å². The molecular formula is C14H17N2+. The Morgan fingerprint density at radius 2 is 2.06 bits per heavy atom. The number of hydrogen-bond acceptors (Lipinski definition) is 0. The second-order valence-electron chi connectivity index (χ2n) is 3.76. The minimum atomic E-state index is 0.898. The van der Waals surface area contributed by atoms with Crippen molar-refractivity contribution >= 4 is 6.08 Å². The summed E-state index contributed by atoms with van der Waals surface area (Å²) < 4.78 is 4.40. The van der Waals surface area contributed by atoms with E-state index in [1.165, 1.54) is 5.56 Å². The standard InChI is InChI=1S/C14H17N2/c1-3-14-15(4-2)10-11-16(14)12-13-8-6-5-7-9-13/h3,5-11H,1,4,12H2,2H3/q+1. The second-order valence-corrected chi connectivity index (χ2v) is 3.76. The summed E-state index contributed by atoms with van der Waals surface area (Å²) in [6.07, 6.45) is 6.11. The number of rotatable bonds is 4. The van der Waals surface area contributed by atoms with Gasteiger partial charge in [0.05, 0.1) is 6.54 Å². The van der Waals surface area contributed by atoms with Crippen LogP contribution in [0.3, 0.4) is 0 Å². The molecule has 2 rings (SSSR count). The van der Waals surface area contributed by atoms with E-state index in [9.17, 15) is 0 Å². The third-order valence-electron chi connectivity index (χ3n) is 2.73. The first kappa shape index (κ1) is 10.7. The highest BCUT2D eigenvalue weighted by molar-refractivity contribution is 5.33. The molecule has 16 heavy (non-hydrogen) atoms. The van der Waals surface area contributed by atoms with Gasteiger partial charge in [-0.3, -0.25) is 0 Å². The van der Waals surface area contributed by atoms with E-state index in [4.69, 9.17) is 0 Å². The molecule has 0 aliphatic carbocycles. The number of benzene rings is 1. The van der Waals surface area contributed by atoms with Crippen molar-refractivity contribution in [2.45, 2.75) is 20.0 Å². The highest BCUT2D eigenvalue weighted by atomic mass is 15.1. The van der Waals surface area contributed by atoms with Crippen molar-refractivity contribution in [1.29, 1.82) is 0 Å². The molecule has 2 heteroatoms. The molecule has 0 atom stereocenters. The van der Waals surface area contributed by atoms with Crippen LogP contribution in [0.4, 0.5) is 0 Å². The number of hydrogen-bond donors (Lipinski definition) is 0. The lowest BCUT2D eigenvalue weighted by atomic mass is 10.2. The third kappa shape index (κ3) is 2.06. The van der Waals surface area contributed by atoms with Crippen LogP contribution in [-0.4, -0.2) is 4.57 Å². The largest absolute Gasteiger partial charge is 0.281 e. The van der Waals surface area contributed by atoms with Gasteiger partial charge in [0.15, 0.2) is 0 Å². The molecule has 0 fully saturated rings. The fourth-order valence-corrected chi connectivity index (χ4v) is 1.89. The van der Waals surface area contributed by atoms with E-state index >= 15 is 0 Å². The van der Waals surface area contributed by atoms with Gasteiger partial charge < -0.3 is 0 Å². The maximum absolute atomic E-state index is 3.87. The number of aromatic nitrogens is 2. The highest BCUT2D eigenvalue weighted by Gasteiger charge is 2.12. The Labute approximate surface area is 96.5 Å². The minimum absolute atomic E-state index is 0.898. The topological polar surface area (TPSA) is 8.81 Å². The molecule has 0 aliphatic rings. The van der Waals surface area contributed by atoms with Crippen LogP contribution >= 0.6 is 0 Å². The number of imidazole rings is 1. The highest BCUT2D eigenvalue weighted by Crippen LogP contribution is 2.01. The number of nitrogens with zero attached hydrogens (tertiary/aromatic N) is 2. The van der Waals surface area contributed by atoms with Crippen LogP contribution in [0.15, 0.2) is 49.3 Å². The molecule has 1 aromatic carbocycles. The van der Waals surface area contributed by atoms with Crippen LogP contribution in [0.1, 0.15) is 18.3 Å². The molecule has 0 saturated heterocycles. The Hall–Kier alpha value is -1.83. The van der Waals surface area contributed by atoms with E-state index in [-0.39, 0.29) is 0 Å². The molecular weight excluding hydrogens is 196 g/mol. The summed E-state index contributed by atoms with van der Waals surface area (Å²) in [4.78, 5) is 0. The van der Waals surface area contributed by atoms with Gasteiger partial charge in [-0.25, -0.2) is 9.13 Å². The van der Waals surface area contributed by atoms with Crippen LogP contribution in [0.5, 0.6) is 0 Å². The van der Waals surface area contributed by atoms with Crippen LogP contribution in [-0.2, 0) is 13.1 Å². The molecule has 2 aromatic rings. The minimum Gasteiger partial charge on any atom is -0.231 e. The van der Waals surface area contributed by atoms with Gasteiger partial charge in [-0.1, -0.05) is 36.9 Å². The lowest BCUT2D eigenvalue weighted by Gasteiger charge is -2.00. The monoisotopic (exact) mass is 213 g/mol. The van der Waals surface area contributed by atoms with Gasteiger partial charge in [-0.2, -0.15) is 0 Å². The first-order valence-electron chi connectivity index (χ1n) is 5.60. The van der Waals surface area contributed by atoms with Gasteiger partial charge in [-0.15, -0.1) is 0 Å². The molecule has 0 amide bonds. The van der Waals surface area contributed by atoms with E-state index in [0.717, 1.165) is 18.9 Å². The molecule has 0 saturated carbocycles. The van der Waals surface area contributed by atoms with Gasteiger partial charge in [0.2, 0.25) is 0 Å². The van der Waals surface area contributed by atoms with Crippen molar-refractivity contribution in [2.75, 3.05) is 0 Å². The van der Waals surface area contributed by atoms with E-state index < -0.39 is 0 Å². The van der Waals surface area contributed by atoms with Crippen LogP contribution in [0.25, 0.3) is 6.08 Å². The summed E-state index contributed by atoms with van der Waals surface area (Å²) in [6.45, 7) is 7.88. The molecule has 0 spiro atoms. The zero-order valence-electron chi connectivity index (χ0n) is 9.63. The molecule has 0 unspecified atom stereocenters. The van der Waals surface area contributed by atoms with Crippen molar-refractivity contribution in [2.24, 2.45) is 0 Å². The predicted molar refractivity (Wildman–Crippen MR) is 65.9 cm³/mol. The molecule has 1 aromatic heterocycles. The van der Waals surface area contributed by atoms with Gasteiger partial charge in [0.25, 0.3) is 5.82 Å². The van der Waals surface area contributed by atoms with Crippen LogP contribution in [0, 0.1) is 0 Å². The van der Waals surface area contributed by atoms with E-state index in [1.54, 1.807) is 0 Å². The summed E-state index contributed by atoms with van der Waals surface area (Å²) in [5, 5.41) is 0. The molecule has 82 valence electrons. The lowest BCUT2D eigenvalue weighted by Crippen LogP contribution is -2.36. The Bertz CT molecular complexity index is 469. The van der Waals surface area contributed by atoms with Crippen molar-refractivity contribution in [3.63, 3.8) is 0 Å². The molecule has 2 nitrogen and oxygen atoms in total. The first-order chi connectivity index (χ1) is 7.85. The summed E-state index contributed by atoms with van der Waals surface area (Å²) >= 11 is 0. The van der Waals surface area contributed by atoms with Gasteiger partial charge in [-0.05, 0) is 12.5 Å². The summed E-state index contributed by atoms with van der Waals surface area (Å²) in [7, 11) is 0. The second kappa shape index (κ2) is 4.79. The fraction of sp³-hybridized carbons (Fsp3) is 0.214. The summed E-state index contributed by atoms with van der Waals surface area (Å²) in [5.74, 6) is 1.16. The Morgan fingerprint density at radius 3 is 2.69 bits per heavy atom. The molecule has 0 N–H and O–H groups in total. The maximum Gasteiger partial charge on any atom is 0.281 e. The third-order valence-corrected chi connectivity index (χ3v) is 2.73. The Balaban J connectivity index is 2.28. The Morgan fingerprint density at radius 1 is 1.31 bits per heavy atom. The Kier molecular flexibility index (Phi) is 3.20. The lowest BCUT2D eigenvalue weighted by molar-refractivity contribution is -0.689. The van der Waals surface area contributed by atoms with Gasteiger partial charge in [0.1, 0.15) is 18.9 Å². The molecule has 1 heterocycles. The zero-order valence-corrected chi connectivity index (χ0v) is 9.63. The van der Waals surface area contributed by atoms with Crippen molar-refractivity contribution in [3.8, 4) is 0 Å². The normalized spacial score (nSPS) is 10.3. The smallest absolute Gasteiger partial charge is 0.231 e. The fourth-order valence-electron chi connectivity index (χ4n) is 1.89. The predicted octanol–water partition coefficient (Wildman–Crippen LogP) is 2.49. The van der Waals surface area contributed by atoms with Gasteiger partial charge >= 0.3 is 0 Å². The SMILES string of the molecule is C=Cc1n(CC)cc[n+]1Cc1ccccc1. The van der Waals surface area contributed by atoms with Gasteiger partial charge in [0, 0.05) is 6.08 Å². The van der Waals surface area contributed by atoms with Crippen molar-refractivity contribution in [1.82, 2.24) is 4.57 Å². The average Bonchev–Trinajstić information content (AvgIpc) is 2.72. The number of aryl methyl sites for hydroxylation is 1. The zero-order chi connectivity index (χ0) is 11.4. The van der Waals surface area contributed by atoms with Crippen LogP contribution in [0.2, 0.25) is 0 Å². The maximum atomic E-state index is 3.87. The van der Waals surface area contributed by atoms with E-state index in [1.807, 2.05) is 12.1 Å². The molecule has 0 bridgehead atoms. The summed E-state index contributed by atoms with van der Waals surface area (Å²) in [6, 6.07) is 10.5. The van der Waals surface area contributed by atoms with E-state index in [0.29, 0.717) is 0 Å². The summed E-state index contributed by atoms with van der Waals surface area (Å²) in [5.41, 5.74) is 1.31. The van der Waals surface area contributed by atoms with Crippen molar-refractivity contribution in [3.05, 3.63) is 60.7 Å².